The fourth-order valence-corrected chi connectivity index (χ4v) is 7.24. The molecule has 1 aromatic carbocycles. The third-order valence-electron chi connectivity index (χ3n) is 10.6. The lowest BCUT2D eigenvalue weighted by Crippen LogP contribution is -2.49. The highest BCUT2D eigenvalue weighted by atomic mass is 16.6. The van der Waals surface area contributed by atoms with Gasteiger partial charge in [-0.1, -0.05) is 116 Å². The number of ether oxygens (including phenoxy) is 2. The zero-order valence-electron chi connectivity index (χ0n) is 34.8. The molecule has 3 heterocycles. The third-order valence-corrected chi connectivity index (χ3v) is 10.6. The van der Waals surface area contributed by atoms with Gasteiger partial charge in [0.15, 0.2) is 11.3 Å². The molecule has 2 aromatic heterocycles. The Morgan fingerprint density at radius 3 is 2.07 bits per heavy atom. The topological polar surface area (TPSA) is 153 Å². The highest BCUT2D eigenvalue weighted by Crippen LogP contribution is 2.28. The van der Waals surface area contributed by atoms with E-state index in [9.17, 15) is 9.59 Å². The summed E-state index contributed by atoms with van der Waals surface area (Å²) < 4.78 is 13.2. The van der Waals surface area contributed by atoms with Crippen molar-refractivity contribution in [3.05, 3.63) is 30.0 Å². The number of nitrogen functional groups attached to an aromatic ring is 1. The zero-order valence-corrected chi connectivity index (χ0v) is 34.8. The Kier molecular flexibility index (Phi) is 20.5. The molecule has 0 aliphatic carbocycles. The summed E-state index contributed by atoms with van der Waals surface area (Å²) in [6.45, 7) is 9.02. The van der Waals surface area contributed by atoms with E-state index in [0.717, 1.165) is 49.2 Å². The molecule has 56 heavy (non-hydrogen) atoms. The molecule has 1 saturated heterocycles. The zero-order chi connectivity index (χ0) is 39.8. The Balaban J connectivity index is 1.05. The Morgan fingerprint density at radius 2 is 1.43 bits per heavy atom. The minimum absolute atomic E-state index is 0.0894. The number of hydrogen-bond acceptors (Lipinski definition) is 10. The number of fused-ring (bicyclic) bond motifs is 1. The van der Waals surface area contributed by atoms with Crippen LogP contribution in [0.2, 0.25) is 0 Å². The second-order valence-electron chi connectivity index (χ2n) is 15.3. The largest absolute Gasteiger partial charge is 0.496 e. The first-order chi connectivity index (χ1) is 27.4. The number of nitrogens with zero attached hydrogens (tertiary/aromatic N) is 6. The number of rotatable bonds is 28. The van der Waals surface area contributed by atoms with Crippen molar-refractivity contribution in [3.8, 4) is 5.75 Å². The summed E-state index contributed by atoms with van der Waals surface area (Å²) in [5.74, 6) is 1.71. The minimum Gasteiger partial charge on any atom is -0.496 e. The van der Waals surface area contributed by atoms with Crippen LogP contribution in [-0.4, -0.2) is 89.6 Å². The molecule has 13 nitrogen and oxygen atoms in total. The van der Waals surface area contributed by atoms with Gasteiger partial charge in [-0.05, 0) is 25.3 Å². The molecule has 0 spiro atoms. The molecule has 2 amide bonds. The van der Waals surface area contributed by atoms with Gasteiger partial charge in [-0.2, -0.15) is 10.1 Å². The molecule has 312 valence electrons. The average Bonchev–Trinajstić information content (AvgIpc) is 3.61. The van der Waals surface area contributed by atoms with Crippen molar-refractivity contribution >= 4 is 40.5 Å². The molecule has 0 unspecified atom stereocenters. The number of amides is 2. The molecule has 0 atom stereocenters. The van der Waals surface area contributed by atoms with E-state index in [1.54, 1.807) is 12.0 Å². The second kappa shape index (κ2) is 25.8. The Bertz CT molecular complexity index is 1570. The Hall–Kier alpha value is -4.29. The summed E-state index contributed by atoms with van der Waals surface area (Å²) >= 11 is 0. The molecule has 1 fully saturated rings. The molecular formula is C43H71N9O4. The van der Waals surface area contributed by atoms with E-state index in [1.807, 2.05) is 16.9 Å². The summed E-state index contributed by atoms with van der Waals surface area (Å²) in [7, 11) is 1.67. The molecule has 0 bridgehead atoms. The van der Waals surface area contributed by atoms with E-state index in [2.05, 4.69) is 51.5 Å². The Labute approximate surface area is 335 Å². The van der Waals surface area contributed by atoms with Crippen molar-refractivity contribution in [1.29, 1.82) is 0 Å². The van der Waals surface area contributed by atoms with E-state index in [0.29, 0.717) is 75.6 Å². The smallest absolute Gasteiger partial charge is 0.409 e. The van der Waals surface area contributed by atoms with Gasteiger partial charge in [0.1, 0.15) is 11.3 Å². The molecule has 1 aliphatic heterocycles. The maximum absolute atomic E-state index is 12.7. The number of carbonyl (C=O) groups is 2. The Morgan fingerprint density at radius 1 is 0.786 bits per heavy atom. The van der Waals surface area contributed by atoms with E-state index in [4.69, 9.17) is 20.3 Å². The predicted molar refractivity (Wildman–Crippen MR) is 228 cm³/mol. The van der Waals surface area contributed by atoms with Crippen LogP contribution in [0.25, 0.3) is 11.0 Å². The van der Waals surface area contributed by atoms with Crippen LogP contribution in [0, 0.1) is 0 Å². The number of nitrogens with one attached hydrogen (secondary N) is 2. The minimum atomic E-state index is -0.302. The summed E-state index contributed by atoms with van der Waals surface area (Å²) in [5, 5.41) is 11.1. The number of carbonyl (C=O) groups excluding carboxylic acids is 2. The summed E-state index contributed by atoms with van der Waals surface area (Å²) in [5.41, 5.74) is 9.36. The monoisotopic (exact) mass is 778 g/mol. The van der Waals surface area contributed by atoms with Gasteiger partial charge >= 0.3 is 6.09 Å². The lowest BCUT2D eigenvalue weighted by Gasteiger charge is -2.35. The normalized spacial score (nSPS) is 13.0. The van der Waals surface area contributed by atoms with Crippen LogP contribution in [0.4, 0.5) is 22.2 Å². The fourth-order valence-electron chi connectivity index (χ4n) is 7.24. The van der Waals surface area contributed by atoms with Gasteiger partial charge in [0.05, 0.1) is 26.5 Å². The lowest BCUT2D eigenvalue weighted by molar-refractivity contribution is -0.121. The van der Waals surface area contributed by atoms with Crippen molar-refractivity contribution in [1.82, 2.24) is 30.0 Å². The van der Waals surface area contributed by atoms with Crippen LogP contribution in [0.15, 0.2) is 24.4 Å². The van der Waals surface area contributed by atoms with E-state index >= 15 is 0 Å². The first-order valence-corrected chi connectivity index (χ1v) is 21.8. The third kappa shape index (κ3) is 15.7. The van der Waals surface area contributed by atoms with Crippen LogP contribution in [-0.2, 0) is 16.1 Å². The SMILES string of the molecule is CCCCCCCCCCCCCCCCCC(=O)NCCCOC(=O)N1CCN(c2ccc(Cn3cc4nc(N)nc(NCCCC)c4n3)c(OC)c2)CC1. The number of methoxy groups -OCH3 is 1. The number of anilines is 3. The number of unbranched alkanes of at least 4 members (excludes halogenated alkanes) is 15. The molecule has 4 rings (SSSR count). The first kappa shape index (κ1) is 44.4. The summed E-state index contributed by atoms with van der Waals surface area (Å²) in [6, 6.07) is 6.18. The standard InChI is InChI=1S/C43H71N9O4/c1-4-6-8-9-10-11-12-13-14-15-16-17-18-19-20-22-39(53)45-26-21-31-56-43(54)51-29-27-50(28-30-51)36-24-23-35(38(32-36)55-3)33-52-34-37-40(49-52)41(46-25-7-5-2)48-42(44)47-37/h23-24,32,34H,4-22,25-31,33H2,1-3H3,(H,45,53)(H3,44,46,47,48). The van der Waals surface area contributed by atoms with E-state index < -0.39 is 0 Å². The summed E-state index contributed by atoms with van der Waals surface area (Å²) in [6.07, 6.45) is 24.6. The van der Waals surface area contributed by atoms with E-state index in [-0.39, 0.29) is 17.9 Å². The second-order valence-corrected chi connectivity index (χ2v) is 15.3. The van der Waals surface area contributed by atoms with Gasteiger partial charge in [-0.3, -0.25) is 9.48 Å². The van der Waals surface area contributed by atoms with Crippen molar-refractivity contribution in [2.75, 3.05) is 68.9 Å². The quantitative estimate of drug-likeness (QED) is 0.0611. The first-order valence-electron chi connectivity index (χ1n) is 21.8. The molecule has 0 saturated carbocycles. The van der Waals surface area contributed by atoms with Crippen molar-refractivity contribution in [2.24, 2.45) is 0 Å². The predicted octanol–water partition coefficient (Wildman–Crippen LogP) is 8.70. The molecule has 3 aromatic rings. The van der Waals surface area contributed by atoms with Crippen LogP contribution >= 0.6 is 0 Å². The van der Waals surface area contributed by atoms with Crippen molar-refractivity contribution in [3.63, 3.8) is 0 Å². The molecule has 0 radical (unpaired) electrons. The number of nitrogens with two attached hydrogens (primary N) is 1. The summed E-state index contributed by atoms with van der Waals surface area (Å²) in [4.78, 5) is 37.7. The van der Waals surface area contributed by atoms with E-state index in [1.165, 1.54) is 83.5 Å². The highest BCUT2D eigenvalue weighted by molar-refractivity contribution is 5.85. The number of aromatic nitrogens is 4. The lowest BCUT2D eigenvalue weighted by atomic mass is 10.0. The van der Waals surface area contributed by atoms with Gasteiger partial charge in [-0.15, -0.1) is 0 Å². The van der Waals surface area contributed by atoms with Crippen molar-refractivity contribution in [2.45, 2.75) is 142 Å². The number of benzene rings is 1. The van der Waals surface area contributed by atoms with Crippen LogP contribution in [0.3, 0.4) is 0 Å². The van der Waals surface area contributed by atoms with Crippen LogP contribution < -0.4 is 26.0 Å². The van der Waals surface area contributed by atoms with Gasteiger partial charge < -0.3 is 35.6 Å². The van der Waals surface area contributed by atoms with Gasteiger partial charge in [0.25, 0.3) is 0 Å². The fraction of sp³-hybridized carbons (Fsp3) is 0.698. The number of hydrogen-bond donors (Lipinski definition) is 3. The number of piperazine rings is 1. The maximum atomic E-state index is 12.7. The van der Waals surface area contributed by atoms with Gasteiger partial charge in [-0.25, -0.2) is 9.78 Å². The van der Waals surface area contributed by atoms with Crippen molar-refractivity contribution < 1.29 is 19.1 Å². The highest BCUT2D eigenvalue weighted by Gasteiger charge is 2.23. The molecule has 1 aliphatic rings. The van der Waals surface area contributed by atoms with Crippen LogP contribution in [0.5, 0.6) is 5.75 Å². The molecule has 4 N–H and O–H groups in total. The van der Waals surface area contributed by atoms with Crippen LogP contribution in [0.1, 0.15) is 141 Å². The van der Waals surface area contributed by atoms with Gasteiger partial charge in [0.2, 0.25) is 11.9 Å². The van der Waals surface area contributed by atoms with Gasteiger partial charge in [0, 0.05) is 63.0 Å². The molecular weight excluding hydrogens is 707 g/mol. The average molecular weight is 778 g/mol. The molecule has 13 heteroatoms. The maximum Gasteiger partial charge on any atom is 0.409 e.